The third kappa shape index (κ3) is 2.92. The van der Waals surface area contributed by atoms with E-state index in [-0.39, 0.29) is 18.1 Å². The van der Waals surface area contributed by atoms with Crippen LogP contribution >= 0.6 is 11.6 Å². The molecule has 0 spiro atoms. The van der Waals surface area contributed by atoms with Gasteiger partial charge in [-0.15, -0.1) is 0 Å². The zero-order valence-electron chi connectivity index (χ0n) is 10.2. The summed E-state index contributed by atoms with van der Waals surface area (Å²) in [6, 6.07) is 10.9. The zero-order chi connectivity index (χ0) is 13.8. The summed E-state index contributed by atoms with van der Waals surface area (Å²) in [5.41, 5.74) is 12.6. The summed E-state index contributed by atoms with van der Waals surface area (Å²) in [5, 5.41) is 0.376. The van der Waals surface area contributed by atoms with Crippen molar-refractivity contribution in [3.05, 3.63) is 58.7 Å². The smallest absolute Gasteiger partial charge is 0.175 e. The lowest BCUT2D eigenvalue weighted by Crippen LogP contribution is -2.23. The minimum atomic E-state index is -0.441. The van der Waals surface area contributed by atoms with Gasteiger partial charge >= 0.3 is 0 Å². The highest BCUT2D eigenvalue weighted by atomic mass is 35.5. The highest BCUT2D eigenvalue weighted by Crippen LogP contribution is 2.24. The van der Waals surface area contributed by atoms with Gasteiger partial charge in [0.2, 0.25) is 0 Å². The summed E-state index contributed by atoms with van der Waals surface area (Å²) in [4.78, 5) is 16.4. The average molecular weight is 276 g/mol. The lowest BCUT2D eigenvalue weighted by Gasteiger charge is -2.15. The second-order valence-electron chi connectivity index (χ2n) is 4.15. The first-order valence-electron chi connectivity index (χ1n) is 5.83. The molecule has 5 heteroatoms. The SMILES string of the molecule is NCC(C(=O)c1cc(Cl)cnc1N)c1ccccc1. The Morgan fingerprint density at radius 2 is 2.00 bits per heavy atom. The van der Waals surface area contributed by atoms with E-state index >= 15 is 0 Å². The fraction of sp³-hybridized carbons (Fsp3) is 0.143. The standard InChI is InChI=1S/C14H14ClN3O/c15-10-6-11(14(17)18-8-10)13(19)12(7-16)9-4-2-1-3-5-9/h1-6,8,12H,7,16H2,(H2,17,18). The second kappa shape index (κ2) is 5.82. The number of hydrogen-bond acceptors (Lipinski definition) is 4. The molecule has 1 heterocycles. The van der Waals surface area contributed by atoms with Crippen LogP contribution in [-0.2, 0) is 0 Å². The molecule has 1 aromatic carbocycles. The van der Waals surface area contributed by atoms with E-state index in [0.717, 1.165) is 5.56 Å². The number of aromatic nitrogens is 1. The number of nitrogen functional groups attached to an aromatic ring is 1. The van der Waals surface area contributed by atoms with Crippen molar-refractivity contribution < 1.29 is 4.79 Å². The van der Waals surface area contributed by atoms with Crippen LogP contribution in [0.3, 0.4) is 0 Å². The van der Waals surface area contributed by atoms with Crippen molar-refractivity contribution in [3.8, 4) is 0 Å². The molecule has 0 bridgehead atoms. The van der Waals surface area contributed by atoms with Crippen molar-refractivity contribution in [2.45, 2.75) is 5.92 Å². The Balaban J connectivity index is 2.39. The maximum absolute atomic E-state index is 12.5. The second-order valence-corrected chi connectivity index (χ2v) is 4.59. The first kappa shape index (κ1) is 13.5. The van der Waals surface area contributed by atoms with Crippen molar-refractivity contribution in [1.29, 1.82) is 0 Å². The molecule has 0 saturated heterocycles. The van der Waals surface area contributed by atoms with Crippen LogP contribution in [0.5, 0.6) is 0 Å². The minimum absolute atomic E-state index is 0.166. The molecular formula is C14H14ClN3O. The topological polar surface area (TPSA) is 82.0 Å². The Labute approximate surface area is 116 Å². The molecule has 0 fully saturated rings. The van der Waals surface area contributed by atoms with E-state index in [2.05, 4.69) is 4.98 Å². The average Bonchev–Trinajstić information content (AvgIpc) is 2.43. The van der Waals surface area contributed by atoms with E-state index in [1.807, 2.05) is 30.3 Å². The Bertz CT molecular complexity index is 586. The largest absolute Gasteiger partial charge is 0.383 e. The third-order valence-electron chi connectivity index (χ3n) is 2.90. The van der Waals surface area contributed by atoms with Gasteiger partial charge in [0, 0.05) is 12.7 Å². The predicted molar refractivity (Wildman–Crippen MR) is 76.2 cm³/mol. The normalized spacial score (nSPS) is 12.1. The number of halogens is 1. The molecular weight excluding hydrogens is 262 g/mol. The van der Waals surface area contributed by atoms with Crippen molar-refractivity contribution in [2.75, 3.05) is 12.3 Å². The maximum atomic E-state index is 12.5. The number of carbonyl (C=O) groups excluding carboxylic acids is 1. The molecule has 0 aliphatic rings. The summed E-state index contributed by atoms with van der Waals surface area (Å²) < 4.78 is 0. The summed E-state index contributed by atoms with van der Waals surface area (Å²) in [6.45, 7) is 0.203. The van der Waals surface area contributed by atoms with Gasteiger partial charge < -0.3 is 11.5 Å². The molecule has 98 valence electrons. The van der Waals surface area contributed by atoms with Gasteiger partial charge in [0.1, 0.15) is 5.82 Å². The van der Waals surface area contributed by atoms with Gasteiger partial charge in [0.05, 0.1) is 16.5 Å². The minimum Gasteiger partial charge on any atom is -0.383 e. The maximum Gasteiger partial charge on any atom is 0.175 e. The fourth-order valence-electron chi connectivity index (χ4n) is 1.91. The Morgan fingerprint density at radius 1 is 1.32 bits per heavy atom. The lowest BCUT2D eigenvalue weighted by atomic mass is 9.91. The molecule has 1 unspecified atom stereocenters. The van der Waals surface area contributed by atoms with E-state index in [4.69, 9.17) is 23.1 Å². The van der Waals surface area contributed by atoms with Crippen LogP contribution in [0, 0.1) is 0 Å². The quantitative estimate of drug-likeness (QED) is 0.839. The molecule has 1 atom stereocenters. The van der Waals surface area contributed by atoms with Crippen LogP contribution in [0.15, 0.2) is 42.6 Å². The highest BCUT2D eigenvalue weighted by Gasteiger charge is 2.23. The van der Waals surface area contributed by atoms with E-state index in [0.29, 0.717) is 10.6 Å². The van der Waals surface area contributed by atoms with Crippen LogP contribution < -0.4 is 11.5 Å². The van der Waals surface area contributed by atoms with Crippen LogP contribution in [-0.4, -0.2) is 17.3 Å². The van der Waals surface area contributed by atoms with E-state index in [9.17, 15) is 4.79 Å². The van der Waals surface area contributed by atoms with E-state index in [1.165, 1.54) is 12.3 Å². The fourth-order valence-corrected chi connectivity index (χ4v) is 2.07. The molecule has 0 aliphatic heterocycles. The molecule has 4 nitrogen and oxygen atoms in total. The number of nitrogens with zero attached hydrogens (tertiary/aromatic N) is 1. The van der Waals surface area contributed by atoms with Crippen molar-refractivity contribution in [2.24, 2.45) is 5.73 Å². The molecule has 0 aliphatic carbocycles. The third-order valence-corrected chi connectivity index (χ3v) is 3.11. The number of carbonyl (C=O) groups is 1. The van der Waals surface area contributed by atoms with Crippen LogP contribution in [0.25, 0.3) is 0 Å². The number of pyridine rings is 1. The zero-order valence-corrected chi connectivity index (χ0v) is 11.0. The van der Waals surface area contributed by atoms with E-state index in [1.54, 1.807) is 0 Å². The molecule has 19 heavy (non-hydrogen) atoms. The van der Waals surface area contributed by atoms with Crippen LogP contribution in [0.2, 0.25) is 5.02 Å². The molecule has 2 rings (SSSR count). The number of nitrogens with two attached hydrogens (primary N) is 2. The van der Waals surface area contributed by atoms with Gasteiger partial charge in [0.15, 0.2) is 5.78 Å². The number of anilines is 1. The Kier molecular flexibility index (Phi) is 4.14. The number of rotatable bonds is 4. The lowest BCUT2D eigenvalue weighted by molar-refractivity contribution is 0.0963. The predicted octanol–water partition coefficient (Wildman–Crippen LogP) is 2.24. The Hall–Kier alpha value is -1.91. The number of hydrogen-bond donors (Lipinski definition) is 2. The first-order chi connectivity index (χ1) is 9.13. The molecule has 0 saturated carbocycles. The number of Topliss-reactive ketones (excluding diaryl/α,β-unsaturated/α-hetero) is 1. The van der Waals surface area contributed by atoms with Crippen molar-refractivity contribution >= 4 is 23.2 Å². The van der Waals surface area contributed by atoms with Gasteiger partial charge in [-0.1, -0.05) is 41.9 Å². The van der Waals surface area contributed by atoms with Gasteiger partial charge in [-0.25, -0.2) is 4.98 Å². The highest BCUT2D eigenvalue weighted by molar-refractivity contribution is 6.31. The van der Waals surface area contributed by atoms with Crippen molar-refractivity contribution in [1.82, 2.24) is 4.98 Å². The van der Waals surface area contributed by atoms with Gasteiger partial charge in [-0.3, -0.25) is 4.79 Å². The van der Waals surface area contributed by atoms with Gasteiger partial charge in [-0.2, -0.15) is 0 Å². The molecule has 1 aromatic heterocycles. The van der Waals surface area contributed by atoms with Gasteiger partial charge in [0.25, 0.3) is 0 Å². The summed E-state index contributed by atoms with van der Waals surface area (Å²) in [5.74, 6) is -0.436. The van der Waals surface area contributed by atoms with E-state index < -0.39 is 5.92 Å². The van der Waals surface area contributed by atoms with Gasteiger partial charge in [-0.05, 0) is 11.6 Å². The monoisotopic (exact) mass is 275 g/mol. The number of benzene rings is 1. The summed E-state index contributed by atoms with van der Waals surface area (Å²) in [6.07, 6.45) is 1.41. The molecule has 0 amide bonds. The molecule has 0 radical (unpaired) electrons. The van der Waals surface area contributed by atoms with Crippen LogP contribution in [0.4, 0.5) is 5.82 Å². The summed E-state index contributed by atoms with van der Waals surface area (Å²) in [7, 11) is 0. The number of ketones is 1. The van der Waals surface area contributed by atoms with Crippen molar-refractivity contribution in [3.63, 3.8) is 0 Å². The molecule has 2 aromatic rings. The Morgan fingerprint density at radius 3 is 2.63 bits per heavy atom. The molecule has 4 N–H and O–H groups in total. The summed E-state index contributed by atoms with van der Waals surface area (Å²) >= 11 is 5.85. The first-order valence-corrected chi connectivity index (χ1v) is 6.21. The van der Waals surface area contributed by atoms with Crippen LogP contribution in [0.1, 0.15) is 21.8 Å².